The number of carbonyl (C=O) groups is 1. The zero-order valence-corrected chi connectivity index (χ0v) is 18.2. The fourth-order valence-corrected chi connectivity index (χ4v) is 4.87. The van der Waals surface area contributed by atoms with E-state index in [-0.39, 0.29) is 5.91 Å². The SMILES string of the molecule is N#Cc1ccc(CSc2ccccc2C(=O)Nc2ncc(Cc3ccccc3)s2)cc1. The zero-order chi connectivity index (χ0) is 21.5. The van der Waals surface area contributed by atoms with Gasteiger partial charge in [0.05, 0.1) is 17.2 Å². The molecule has 4 nitrogen and oxygen atoms in total. The molecule has 3 aromatic carbocycles. The first kappa shape index (κ1) is 20.9. The summed E-state index contributed by atoms with van der Waals surface area (Å²) in [5.74, 6) is 0.553. The van der Waals surface area contributed by atoms with E-state index >= 15 is 0 Å². The van der Waals surface area contributed by atoms with Crippen LogP contribution in [0.1, 0.15) is 31.9 Å². The first-order chi connectivity index (χ1) is 15.2. The molecule has 0 radical (unpaired) electrons. The summed E-state index contributed by atoms with van der Waals surface area (Å²) in [5, 5.41) is 12.5. The molecule has 0 saturated heterocycles. The smallest absolute Gasteiger partial charge is 0.258 e. The quantitative estimate of drug-likeness (QED) is 0.349. The number of nitriles is 1. The summed E-state index contributed by atoms with van der Waals surface area (Å²) in [6.45, 7) is 0. The lowest BCUT2D eigenvalue weighted by Crippen LogP contribution is -2.12. The lowest BCUT2D eigenvalue weighted by Gasteiger charge is -2.09. The van der Waals surface area contributed by atoms with E-state index in [0.717, 1.165) is 21.8 Å². The molecule has 1 N–H and O–H groups in total. The highest BCUT2D eigenvalue weighted by molar-refractivity contribution is 7.98. The van der Waals surface area contributed by atoms with Crippen LogP contribution in [0.5, 0.6) is 0 Å². The van der Waals surface area contributed by atoms with E-state index < -0.39 is 0 Å². The maximum absolute atomic E-state index is 12.9. The molecule has 0 aliphatic heterocycles. The molecule has 31 heavy (non-hydrogen) atoms. The van der Waals surface area contributed by atoms with Crippen molar-refractivity contribution >= 4 is 34.1 Å². The Morgan fingerprint density at radius 2 is 1.71 bits per heavy atom. The Labute approximate surface area is 189 Å². The van der Waals surface area contributed by atoms with E-state index in [0.29, 0.717) is 22.0 Å². The normalized spacial score (nSPS) is 10.4. The largest absolute Gasteiger partial charge is 0.298 e. The standard InChI is InChI=1S/C25H19N3OS2/c26-15-19-10-12-20(13-11-19)17-30-23-9-5-4-8-22(23)24(29)28-25-27-16-21(31-25)14-18-6-2-1-3-7-18/h1-13,16H,14,17H2,(H,27,28,29). The van der Waals surface area contributed by atoms with E-state index in [1.54, 1.807) is 11.8 Å². The summed E-state index contributed by atoms with van der Waals surface area (Å²) in [6.07, 6.45) is 2.62. The van der Waals surface area contributed by atoms with Crippen molar-refractivity contribution in [1.82, 2.24) is 4.98 Å². The maximum Gasteiger partial charge on any atom is 0.258 e. The molecule has 4 rings (SSSR count). The number of rotatable bonds is 7. The number of carbonyl (C=O) groups excluding carboxylic acids is 1. The van der Waals surface area contributed by atoms with Gasteiger partial charge in [-0.05, 0) is 35.4 Å². The van der Waals surface area contributed by atoms with Crippen LogP contribution in [0.3, 0.4) is 0 Å². The number of benzene rings is 3. The summed E-state index contributed by atoms with van der Waals surface area (Å²) >= 11 is 3.09. The number of thioether (sulfide) groups is 1. The van der Waals surface area contributed by atoms with Crippen LogP contribution in [-0.2, 0) is 12.2 Å². The summed E-state index contributed by atoms with van der Waals surface area (Å²) in [7, 11) is 0. The van der Waals surface area contributed by atoms with Gasteiger partial charge in [-0.1, -0.05) is 54.6 Å². The van der Waals surface area contributed by atoms with Gasteiger partial charge in [0.25, 0.3) is 5.91 Å². The summed E-state index contributed by atoms with van der Waals surface area (Å²) in [5.41, 5.74) is 3.59. The van der Waals surface area contributed by atoms with Crippen LogP contribution >= 0.6 is 23.1 Å². The van der Waals surface area contributed by atoms with Crippen molar-refractivity contribution in [2.75, 3.05) is 5.32 Å². The molecule has 0 bridgehead atoms. The Bertz CT molecular complexity index is 1210. The van der Waals surface area contributed by atoms with E-state index in [9.17, 15) is 4.79 Å². The van der Waals surface area contributed by atoms with Crippen LogP contribution in [0, 0.1) is 11.3 Å². The minimum absolute atomic E-state index is 0.163. The number of aromatic nitrogens is 1. The van der Waals surface area contributed by atoms with E-state index in [4.69, 9.17) is 5.26 Å². The number of anilines is 1. The molecule has 1 heterocycles. The number of amides is 1. The molecule has 0 aliphatic carbocycles. The van der Waals surface area contributed by atoms with Crippen molar-refractivity contribution in [2.45, 2.75) is 17.1 Å². The average molecular weight is 442 g/mol. The third-order valence-electron chi connectivity index (χ3n) is 4.60. The van der Waals surface area contributed by atoms with Gasteiger partial charge in [-0.15, -0.1) is 23.1 Å². The van der Waals surface area contributed by atoms with Gasteiger partial charge in [0.1, 0.15) is 0 Å². The van der Waals surface area contributed by atoms with Crippen molar-refractivity contribution in [2.24, 2.45) is 0 Å². The van der Waals surface area contributed by atoms with Crippen LogP contribution in [0.25, 0.3) is 0 Å². The number of hydrogen-bond acceptors (Lipinski definition) is 5. The second-order valence-corrected chi connectivity index (χ2v) is 8.97. The van der Waals surface area contributed by atoms with E-state index in [1.807, 2.05) is 72.9 Å². The van der Waals surface area contributed by atoms with Crippen LogP contribution in [0.2, 0.25) is 0 Å². The van der Waals surface area contributed by atoms with Crippen molar-refractivity contribution in [1.29, 1.82) is 5.26 Å². The zero-order valence-electron chi connectivity index (χ0n) is 16.6. The third-order valence-corrected chi connectivity index (χ3v) is 6.66. The Hall–Kier alpha value is -3.40. The third kappa shape index (κ3) is 5.60. The van der Waals surface area contributed by atoms with E-state index in [1.165, 1.54) is 16.9 Å². The van der Waals surface area contributed by atoms with Gasteiger partial charge >= 0.3 is 0 Å². The Morgan fingerprint density at radius 3 is 2.48 bits per heavy atom. The summed E-state index contributed by atoms with van der Waals surface area (Å²) in [6, 6.07) is 27.4. The molecule has 0 saturated carbocycles. The molecule has 0 aliphatic rings. The predicted octanol–water partition coefficient (Wildman–Crippen LogP) is 6.15. The highest BCUT2D eigenvalue weighted by Crippen LogP contribution is 2.28. The topological polar surface area (TPSA) is 65.8 Å². The first-order valence-electron chi connectivity index (χ1n) is 9.72. The minimum Gasteiger partial charge on any atom is -0.298 e. The molecular weight excluding hydrogens is 422 g/mol. The highest BCUT2D eigenvalue weighted by atomic mass is 32.2. The van der Waals surface area contributed by atoms with Gasteiger partial charge in [0.2, 0.25) is 0 Å². The monoisotopic (exact) mass is 441 g/mol. The van der Waals surface area contributed by atoms with Gasteiger partial charge in [0, 0.05) is 28.1 Å². The first-order valence-corrected chi connectivity index (χ1v) is 11.5. The van der Waals surface area contributed by atoms with Crippen molar-refractivity contribution < 1.29 is 4.79 Å². The lowest BCUT2D eigenvalue weighted by atomic mass is 10.1. The minimum atomic E-state index is -0.163. The fourth-order valence-electron chi connectivity index (χ4n) is 3.03. The summed E-state index contributed by atoms with van der Waals surface area (Å²) in [4.78, 5) is 19.3. The molecule has 0 unspecified atom stereocenters. The van der Waals surface area contributed by atoms with Crippen LogP contribution < -0.4 is 5.32 Å². The fraction of sp³-hybridized carbons (Fsp3) is 0.0800. The van der Waals surface area contributed by atoms with Gasteiger partial charge in [0.15, 0.2) is 5.13 Å². The van der Waals surface area contributed by atoms with Crippen LogP contribution in [0.4, 0.5) is 5.13 Å². The highest BCUT2D eigenvalue weighted by Gasteiger charge is 2.14. The predicted molar refractivity (Wildman–Crippen MR) is 126 cm³/mol. The second-order valence-electron chi connectivity index (χ2n) is 6.84. The molecule has 1 aromatic heterocycles. The molecule has 1 amide bonds. The van der Waals surface area contributed by atoms with Gasteiger partial charge in [-0.25, -0.2) is 4.98 Å². The lowest BCUT2D eigenvalue weighted by molar-refractivity contribution is 0.102. The molecule has 152 valence electrons. The second kappa shape index (κ2) is 10.1. The van der Waals surface area contributed by atoms with Crippen LogP contribution in [-0.4, -0.2) is 10.9 Å². The molecule has 0 atom stereocenters. The molecular formula is C25H19N3OS2. The van der Waals surface area contributed by atoms with Gasteiger partial charge in [-0.3, -0.25) is 10.1 Å². The molecule has 6 heteroatoms. The maximum atomic E-state index is 12.9. The van der Waals surface area contributed by atoms with Crippen molar-refractivity contribution in [3.8, 4) is 6.07 Å². The Balaban J connectivity index is 1.41. The van der Waals surface area contributed by atoms with Gasteiger partial charge in [-0.2, -0.15) is 5.26 Å². The molecule has 4 aromatic rings. The average Bonchev–Trinajstić information content (AvgIpc) is 3.25. The van der Waals surface area contributed by atoms with Gasteiger partial charge < -0.3 is 0 Å². The Morgan fingerprint density at radius 1 is 0.968 bits per heavy atom. The molecule has 0 spiro atoms. The number of thiazole rings is 1. The van der Waals surface area contributed by atoms with Crippen molar-refractivity contribution in [3.63, 3.8) is 0 Å². The van der Waals surface area contributed by atoms with E-state index in [2.05, 4.69) is 28.5 Å². The number of nitrogens with one attached hydrogen (secondary N) is 1. The Kier molecular flexibility index (Phi) is 6.78. The van der Waals surface area contributed by atoms with Crippen molar-refractivity contribution in [3.05, 3.63) is 112 Å². The number of nitrogens with zero attached hydrogens (tertiary/aromatic N) is 2. The molecule has 0 fully saturated rings. The number of hydrogen-bond donors (Lipinski definition) is 1. The van der Waals surface area contributed by atoms with Crippen LogP contribution in [0.15, 0.2) is 90.0 Å². The summed E-state index contributed by atoms with van der Waals surface area (Å²) < 4.78 is 0.